The predicted molar refractivity (Wildman–Crippen MR) is 79.5 cm³/mol. The molecule has 1 aliphatic heterocycles. The Morgan fingerprint density at radius 2 is 2.00 bits per heavy atom. The maximum absolute atomic E-state index is 14.5. The number of aliphatic hydroxyl groups excluding tert-OH is 1. The molecule has 1 saturated carbocycles. The van der Waals surface area contributed by atoms with Gasteiger partial charge in [0, 0.05) is 25.8 Å². The lowest BCUT2D eigenvalue weighted by atomic mass is 9.84. The summed E-state index contributed by atoms with van der Waals surface area (Å²) < 4.78 is 14.5. The van der Waals surface area contributed by atoms with E-state index in [0.717, 1.165) is 4.90 Å². The van der Waals surface area contributed by atoms with Crippen LogP contribution in [0.5, 0.6) is 0 Å². The Hall–Kier alpha value is -1.70. The zero-order chi connectivity index (χ0) is 17.6. The highest BCUT2D eigenvalue weighted by molar-refractivity contribution is 5.91. The summed E-state index contributed by atoms with van der Waals surface area (Å²) in [6, 6.07) is -2.01. The van der Waals surface area contributed by atoms with Gasteiger partial charge in [0.15, 0.2) is 5.79 Å². The average Bonchev–Trinajstić information content (AvgIpc) is 3.02. The van der Waals surface area contributed by atoms with Gasteiger partial charge in [-0.3, -0.25) is 19.3 Å². The second-order valence-corrected chi connectivity index (χ2v) is 7.50. The highest BCUT2D eigenvalue weighted by Crippen LogP contribution is 2.46. The van der Waals surface area contributed by atoms with Crippen molar-refractivity contribution in [3.63, 3.8) is 0 Å². The summed E-state index contributed by atoms with van der Waals surface area (Å²) in [6.45, 7) is 5.13. The third-order valence-corrected chi connectivity index (χ3v) is 4.46. The van der Waals surface area contributed by atoms with Crippen molar-refractivity contribution in [3.8, 4) is 0 Å². The van der Waals surface area contributed by atoms with Crippen LogP contribution in [0.25, 0.3) is 0 Å². The number of halogens is 1. The molecule has 0 radical (unpaired) electrons. The number of primary amides is 1. The molecule has 0 aromatic heterocycles. The lowest BCUT2D eigenvalue weighted by Crippen LogP contribution is -2.59. The van der Waals surface area contributed by atoms with E-state index < -0.39 is 41.2 Å². The molecule has 0 aromatic carbocycles. The van der Waals surface area contributed by atoms with Crippen LogP contribution in [0.2, 0.25) is 0 Å². The molecule has 2 aliphatic rings. The molecule has 130 valence electrons. The molecule has 2 rings (SSSR count). The first-order valence-corrected chi connectivity index (χ1v) is 7.72. The lowest BCUT2D eigenvalue weighted by Gasteiger charge is -2.41. The number of carbonyl (C=O) groups is 3. The minimum absolute atomic E-state index is 0.0506. The summed E-state index contributed by atoms with van der Waals surface area (Å²) in [5.74, 6) is -3.09. The number of rotatable bonds is 5. The molecule has 3 N–H and O–H groups in total. The Bertz CT molecular complexity index is 515. The number of β-amino-alcohol motifs (C(OH)–C–C–N with tert-alkyl or cyclic N) is 1. The van der Waals surface area contributed by atoms with Crippen LogP contribution >= 0.6 is 0 Å². The van der Waals surface area contributed by atoms with Crippen molar-refractivity contribution in [1.82, 2.24) is 9.80 Å². The second-order valence-electron chi connectivity index (χ2n) is 7.50. The van der Waals surface area contributed by atoms with Gasteiger partial charge in [0.2, 0.25) is 18.2 Å². The van der Waals surface area contributed by atoms with Crippen LogP contribution in [0.4, 0.5) is 4.39 Å². The van der Waals surface area contributed by atoms with Gasteiger partial charge in [-0.1, -0.05) is 20.8 Å². The standard InChI is InChI=1S/C15H24FN3O4/c1-14(2,3)11(19(8-20)15(16)4-5-15)13(23)18-7-9(21)6-10(18)12(17)22/h8-11,21H,4-7H2,1-3H3,(H2,17,22)/t9?,10?,11-/m1/s1. The minimum atomic E-state index is -1.81. The van der Waals surface area contributed by atoms with E-state index in [2.05, 4.69) is 0 Å². The molecule has 2 unspecified atom stereocenters. The fourth-order valence-electron chi connectivity index (χ4n) is 3.14. The van der Waals surface area contributed by atoms with Gasteiger partial charge in [-0.2, -0.15) is 0 Å². The minimum Gasteiger partial charge on any atom is -0.391 e. The third kappa shape index (κ3) is 3.31. The van der Waals surface area contributed by atoms with Crippen LogP contribution in [-0.2, 0) is 14.4 Å². The normalized spacial score (nSPS) is 27.4. The summed E-state index contributed by atoms with van der Waals surface area (Å²) in [5, 5.41) is 9.76. The number of carbonyl (C=O) groups excluding carboxylic acids is 3. The van der Waals surface area contributed by atoms with E-state index in [1.807, 2.05) is 0 Å². The van der Waals surface area contributed by atoms with E-state index in [4.69, 9.17) is 5.73 Å². The monoisotopic (exact) mass is 329 g/mol. The maximum atomic E-state index is 14.5. The average molecular weight is 329 g/mol. The van der Waals surface area contributed by atoms with E-state index in [0.29, 0.717) is 6.41 Å². The summed E-state index contributed by atoms with van der Waals surface area (Å²) in [5.41, 5.74) is 4.56. The topological polar surface area (TPSA) is 104 Å². The van der Waals surface area contributed by atoms with Crippen LogP contribution in [0.1, 0.15) is 40.0 Å². The van der Waals surface area contributed by atoms with Crippen LogP contribution < -0.4 is 5.73 Å². The van der Waals surface area contributed by atoms with Crippen molar-refractivity contribution in [2.24, 2.45) is 11.1 Å². The number of hydrogen-bond donors (Lipinski definition) is 2. The molecule has 1 saturated heterocycles. The Morgan fingerprint density at radius 3 is 2.39 bits per heavy atom. The predicted octanol–water partition coefficient (Wildman–Crippen LogP) is -0.234. The highest BCUT2D eigenvalue weighted by atomic mass is 19.1. The van der Waals surface area contributed by atoms with Crippen LogP contribution in [0.3, 0.4) is 0 Å². The first-order valence-electron chi connectivity index (χ1n) is 7.72. The van der Waals surface area contributed by atoms with Gasteiger partial charge in [-0.25, -0.2) is 4.39 Å². The fourth-order valence-corrected chi connectivity index (χ4v) is 3.14. The Kier molecular flexibility index (Phi) is 4.40. The summed E-state index contributed by atoms with van der Waals surface area (Å²) in [6.07, 6.45) is -0.0742. The van der Waals surface area contributed by atoms with E-state index in [1.54, 1.807) is 20.8 Å². The fraction of sp³-hybridized carbons (Fsp3) is 0.800. The van der Waals surface area contributed by atoms with Gasteiger partial charge in [0.25, 0.3) is 0 Å². The lowest BCUT2D eigenvalue weighted by molar-refractivity contribution is -0.155. The molecule has 23 heavy (non-hydrogen) atoms. The van der Waals surface area contributed by atoms with Crippen LogP contribution in [0, 0.1) is 5.41 Å². The Balaban J connectivity index is 2.34. The van der Waals surface area contributed by atoms with Crippen molar-refractivity contribution < 1.29 is 23.9 Å². The second kappa shape index (κ2) is 5.74. The maximum Gasteiger partial charge on any atom is 0.246 e. The zero-order valence-corrected chi connectivity index (χ0v) is 13.7. The quantitative estimate of drug-likeness (QED) is 0.537. The number of aliphatic hydroxyl groups is 1. The van der Waals surface area contributed by atoms with Gasteiger partial charge in [0.1, 0.15) is 12.1 Å². The summed E-state index contributed by atoms with van der Waals surface area (Å²) >= 11 is 0. The van der Waals surface area contributed by atoms with Gasteiger partial charge >= 0.3 is 0 Å². The highest BCUT2D eigenvalue weighted by Gasteiger charge is 2.56. The first-order chi connectivity index (χ1) is 10.5. The van der Waals surface area contributed by atoms with Crippen LogP contribution in [0.15, 0.2) is 0 Å². The Morgan fingerprint density at radius 1 is 1.43 bits per heavy atom. The summed E-state index contributed by atoms with van der Waals surface area (Å²) in [4.78, 5) is 38.0. The van der Waals surface area contributed by atoms with Gasteiger partial charge < -0.3 is 15.7 Å². The van der Waals surface area contributed by atoms with Crippen molar-refractivity contribution in [2.45, 2.75) is 64.0 Å². The number of amides is 3. The molecule has 8 heteroatoms. The molecule has 0 bridgehead atoms. The molecular formula is C15H24FN3O4. The van der Waals surface area contributed by atoms with E-state index in [9.17, 15) is 23.9 Å². The van der Waals surface area contributed by atoms with Gasteiger partial charge in [-0.15, -0.1) is 0 Å². The van der Waals surface area contributed by atoms with E-state index in [-0.39, 0.29) is 25.8 Å². The zero-order valence-electron chi connectivity index (χ0n) is 13.7. The largest absolute Gasteiger partial charge is 0.391 e. The number of nitrogens with two attached hydrogens (primary N) is 1. The molecule has 1 heterocycles. The number of hydrogen-bond acceptors (Lipinski definition) is 4. The number of nitrogens with zero attached hydrogens (tertiary/aromatic N) is 2. The molecule has 1 aliphatic carbocycles. The molecule has 0 spiro atoms. The molecule has 3 amide bonds. The van der Waals surface area contributed by atoms with E-state index in [1.165, 1.54) is 4.90 Å². The summed E-state index contributed by atoms with van der Waals surface area (Å²) in [7, 11) is 0. The van der Waals surface area contributed by atoms with Crippen molar-refractivity contribution >= 4 is 18.2 Å². The van der Waals surface area contributed by atoms with Crippen molar-refractivity contribution in [2.75, 3.05) is 6.54 Å². The van der Waals surface area contributed by atoms with E-state index >= 15 is 0 Å². The smallest absolute Gasteiger partial charge is 0.246 e. The Labute approximate surface area is 134 Å². The van der Waals surface area contributed by atoms with Gasteiger partial charge in [0.05, 0.1) is 6.10 Å². The third-order valence-electron chi connectivity index (χ3n) is 4.46. The molecule has 2 fully saturated rings. The molecule has 7 nitrogen and oxygen atoms in total. The van der Waals surface area contributed by atoms with Crippen LogP contribution in [-0.4, -0.2) is 63.7 Å². The van der Waals surface area contributed by atoms with Crippen molar-refractivity contribution in [3.05, 3.63) is 0 Å². The van der Waals surface area contributed by atoms with Crippen molar-refractivity contribution in [1.29, 1.82) is 0 Å². The first kappa shape index (κ1) is 17.7. The number of likely N-dealkylation sites (tertiary alicyclic amines) is 1. The molecular weight excluding hydrogens is 305 g/mol. The van der Waals surface area contributed by atoms with Gasteiger partial charge in [-0.05, 0) is 5.41 Å². The molecule has 0 aromatic rings. The SMILES string of the molecule is CC(C)(C)[C@@H](C(=O)N1CC(O)CC1C(N)=O)N(C=O)C1(F)CC1. The number of alkyl halides is 1. The molecule has 3 atom stereocenters.